The van der Waals surface area contributed by atoms with Crippen molar-refractivity contribution in [3.63, 3.8) is 0 Å². The van der Waals surface area contributed by atoms with Crippen LogP contribution in [0.2, 0.25) is 0 Å². The number of aliphatic hydroxyl groups is 1. The maximum atomic E-state index is 11.4. The minimum absolute atomic E-state index is 0.0791. The molecule has 0 aromatic heterocycles. The van der Waals surface area contributed by atoms with E-state index in [0.717, 1.165) is 12.8 Å². The van der Waals surface area contributed by atoms with E-state index in [2.05, 4.69) is 24.4 Å². The summed E-state index contributed by atoms with van der Waals surface area (Å²) in [6.45, 7) is 4.86. The Morgan fingerprint density at radius 1 is 0.852 bits per heavy atom. The zero-order valence-corrected chi connectivity index (χ0v) is 18.0. The second-order valence-corrected chi connectivity index (χ2v) is 7.53. The molecule has 0 aromatic carbocycles. The molecule has 0 spiro atoms. The lowest BCUT2D eigenvalue weighted by Gasteiger charge is -2.09. The summed E-state index contributed by atoms with van der Waals surface area (Å²) >= 11 is 0. The number of alkyl carbamates (subject to hydrolysis) is 1. The van der Waals surface area contributed by atoms with Crippen LogP contribution < -0.4 is 5.32 Å². The number of ether oxygens (including phenoxy) is 1. The van der Waals surface area contributed by atoms with Gasteiger partial charge in [0.25, 0.3) is 0 Å². The Morgan fingerprint density at radius 3 is 1.93 bits per heavy atom. The van der Waals surface area contributed by atoms with Crippen LogP contribution in [-0.4, -0.2) is 30.5 Å². The van der Waals surface area contributed by atoms with E-state index in [1.54, 1.807) is 0 Å². The van der Waals surface area contributed by atoms with E-state index in [0.29, 0.717) is 13.0 Å². The van der Waals surface area contributed by atoms with Crippen LogP contribution in [0.15, 0.2) is 12.2 Å². The number of unbranched alkanes of at least 4 members (excludes halogenated alkanes) is 12. The van der Waals surface area contributed by atoms with Crippen LogP contribution in [0.5, 0.6) is 0 Å². The van der Waals surface area contributed by atoms with E-state index < -0.39 is 12.2 Å². The van der Waals surface area contributed by atoms with Crippen molar-refractivity contribution in [2.24, 2.45) is 0 Å². The first-order valence-electron chi connectivity index (χ1n) is 11.4. The van der Waals surface area contributed by atoms with Gasteiger partial charge in [-0.15, -0.1) is 0 Å². The van der Waals surface area contributed by atoms with Gasteiger partial charge in [-0.3, -0.25) is 0 Å². The molecule has 4 nitrogen and oxygen atoms in total. The smallest absolute Gasteiger partial charge is 0.407 e. The standard InChI is InChI=1S/C23H45NO3/c1-3-5-6-7-8-9-10-11-12-13-14-15-16-17-18-19-20-24-23(26)27-21-22(25)4-2/h11-12,22,25H,3-10,13-21H2,1-2H3,(H,24,26)/b12-11+. The molecule has 0 fully saturated rings. The van der Waals surface area contributed by atoms with Crippen molar-refractivity contribution in [1.82, 2.24) is 5.32 Å². The van der Waals surface area contributed by atoms with Crippen LogP contribution in [0, 0.1) is 0 Å². The number of carbonyl (C=O) groups is 1. The number of hydrogen-bond acceptors (Lipinski definition) is 3. The van der Waals surface area contributed by atoms with E-state index in [4.69, 9.17) is 4.74 Å². The van der Waals surface area contributed by atoms with Gasteiger partial charge in [-0.25, -0.2) is 4.79 Å². The molecule has 0 aliphatic heterocycles. The van der Waals surface area contributed by atoms with Crippen LogP contribution in [-0.2, 0) is 4.74 Å². The van der Waals surface area contributed by atoms with E-state index in [-0.39, 0.29) is 6.61 Å². The predicted molar refractivity (Wildman–Crippen MR) is 115 cm³/mol. The summed E-state index contributed by atoms with van der Waals surface area (Å²) in [7, 11) is 0. The molecular formula is C23H45NO3. The molecular weight excluding hydrogens is 338 g/mol. The first-order valence-corrected chi connectivity index (χ1v) is 11.4. The zero-order valence-electron chi connectivity index (χ0n) is 18.0. The molecule has 0 aromatic rings. The molecule has 0 aliphatic rings. The molecule has 1 unspecified atom stereocenters. The summed E-state index contributed by atoms with van der Waals surface area (Å²) in [5.74, 6) is 0. The first kappa shape index (κ1) is 26.0. The molecule has 27 heavy (non-hydrogen) atoms. The van der Waals surface area contributed by atoms with Gasteiger partial charge in [0.2, 0.25) is 0 Å². The fraction of sp³-hybridized carbons (Fsp3) is 0.870. The van der Waals surface area contributed by atoms with Crippen molar-refractivity contribution in [1.29, 1.82) is 0 Å². The Balaban J connectivity index is 3.20. The zero-order chi connectivity index (χ0) is 20.0. The van der Waals surface area contributed by atoms with Crippen LogP contribution in [0.1, 0.15) is 110 Å². The number of carbonyl (C=O) groups excluding carboxylic acids is 1. The van der Waals surface area contributed by atoms with Gasteiger partial charge in [-0.2, -0.15) is 0 Å². The number of hydrogen-bond donors (Lipinski definition) is 2. The van der Waals surface area contributed by atoms with Crippen molar-refractivity contribution in [2.75, 3.05) is 13.2 Å². The third kappa shape index (κ3) is 21.1. The maximum Gasteiger partial charge on any atom is 0.407 e. The molecule has 0 aliphatic carbocycles. The summed E-state index contributed by atoms with van der Waals surface area (Å²) in [6.07, 6.45) is 22.3. The second kappa shape index (κ2) is 21.3. The Hall–Kier alpha value is -1.03. The molecule has 0 saturated heterocycles. The third-order valence-electron chi connectivity index (χ3n) is 4.84. The van der Waals surface area contributed by atoms with Crippen LogP contribution >= 0.6 is 0 Å². The lowest BCUT2D eigenvalue weighted by atomic mass is 10.1. The second-order valence-electron chi connectivity index (χ2n) is 7.53. The van der Waals surface area contributed by atoms with Crippen molar-refractivity contribution >= 4 is 6.09 Å². The van der Waals surface area contributed by atoms with Gasteiger partial charge in [0.1, 0.15) is 6.61 Å². The molecule has 4 heteroatoms. The predicted octanol–water partition coefficient (Wildman–Crippen LogP) is 6.52. The molecule has 0 saturated carbocycles. The summed E-state index contributed by atoms with van der Waals surface area (Å²) in [5, 5.41) is 12.0. The fourth-order valence-corrected chi connectivity index (χ4v) is 2.90. The lowest BCUT2D eigenvalue weighted by Crippen LogP contribution is -2.28. The normalized spacial score (nSPS) is 12.4. The Bertz CT molecular complexity index is 345. The molecule has 160 valence electrons. The van der Waals surface area contributed by atoms with Gasteiger partial charge in [-0.1, -0.05) is 83.8 Å². The van der Waals surface area contributed by atoms with Crippen LogP contribution in [0.4, 0.5) is 4.79 Å². The van der Waals surface area contributed by atoms with Crippen LogP contribution in [0.25, 0.3) is 0 Å². The summed E-state index contributed by atoms with van der Waals surface area (Å²) in [4.78, 5) is 11.4. The highest BCUT2D eigenvalue weighted by molar-refractivity contribution is 5.67. The highest BCUT2D eigenvalue weighted by atomic mass is 16.6. The van der Waals surface area contributed by atoms with Gasteiger partial charge in [0.15, 0.2) is 0 Å². The number of amides is 1. The topological polar surface area (TPSA) is 58.6 Å². The van der Waals surface area contributed by atoms with E-state index in [1.807, 2.05) is 6.92 Å². The molecule has 1 amide bonds. The Labute approximate surface area is 168 Å². The van der Waals surface area contributed by atoms with E-state index in [9.17, 15) is 9.90 Å². The average Bonchev–Trinajstić information content (AvgIpc) is 2.68. The molecule has 1 atom stereocenters. The Kier molecular flexibility index (Phi) is 20.5. The molecule has 0 radical (unpaired) electrons. The molecule has 0 rings (SSSR count). The quantitative estimate of drug-likeness (QED) is 0.197. The van der Waals surface area contributed by atoms with E-state index in [1.165, 1.54) is 77.0 Å². The number of rotatable bonds is 19. The van der Waals surface area contributed by atoms with Gasteiger partial charge in [0, 0.05) is 6.54 Å². The Morgan fingerprint density at radius 2 is 1.37 bits per heavy atom. The largest absolute Gasteiger partial charge is 0.447 e. The maximum absolute atomic E-state index is 11.4. The minimum Gasteiger partial charge on any atom is -0.447 e. The number of nitrogens with one attached hydrogen (secondary N) is 1. The molecule has 0 bridgehead atoms. The first-order chi connectivity index (χ1) is 13.2. The highest BCUT2D eigenvalue weighted by Crippen LogP contribution is 2.09. The summed E-state index contributed by atoms with van der Waals surface area (Å²) in [6, 6.07) is 0. The van der Waals surface area contributed by atoms with Crippen molar-refractivity contribution in [3.8, 4) is 0 Å². The van der Waals surface area contributed by atoms with Gasteiger partial charge >= 0.3 is 6.09 Å². The molecule has 2 N–H and O–H groups in total. The summed E-state index contributed by atoms with van der Waals surface area (Å²) < 4.78 is 4.92. The SMILES string of the molecule is CCCCCCCC/C=C/CCCCCCCCNC(=O)OCC(O)CC. The molecule has 0 heterocycles. The highest BCUT2D eigenvalue weighted by Gasteiger charge is 2.05. The fourth-order valence-electron chi connectivity index (χ4n) is 2.90. The lowest BCUT2D eigenvalue weighted by molar-refractivity contribution is 0.0663. The van der Waals surface area contributed by atoms with E-state index >= 15 is 0 Å². The van der Waals surface area contributed by atoms with Crippen LogP contribution in [0.3, 0.4) is 0 Å². The van der Waals surface area contributed by atoms with Gasteiger partial charge in [-0.05, 0) is 38.5 Å². The number of allylic oxidation sites excluding steroid dienone is 2. The minimum atomic E-state index is -0.554. The van der Waals surface area contributed by atoms with Crippen molar-refractivity contribution in [2.45, 2.75) is 116 Å². The van der Waals surface area contributed by atoms with Gasteiger partial charge < -0.3 is 15.2 Å². The van der Waals surface area contributed by atoms with Crippen molar-refractivity contribution in [3.05, 3.63) is 12.2 Å². The average molecular weight is 384 g/mol. The third-order valence-corrected chi connectivity index (χ3v) is 4.84. The monoisotopic (exact) mass is 383 g/mol. The summed E-state index contributed by atoms with van der Waals surface area (Å²) in [5.41, 5.74) is 0. The number of aliphatic hydroxyl groups excluding tert-OH is 1. The van der Waals surface area contributed by atoms with Crippen molar-refractivity contribution < 1.29 is 14.6 Å². The van der Waals surface area contributed by atoms with Gasteiger partial charge in [0.05, 0.1) is 6.10 Å².